The van der Waals surface area contributed by atoms with Gasteiger partial charge in [-0.25, -0.2) is 9.37 Å². The fraction of sp³-hybridized carbons (Fsp3) is 0.0556. The summed E-state index contributed by atoms with van der Waals surface area (Å²) in [5.41, 5.74) is 2.64. The number of halogens is 1. The number of aromatic nitrogens is 2. The Balaban J connectivity index is 1.86. The molecular formula is C18H14FN5. The van der Waals surface area contributed by atoms with Crippen molar-refractivity contribution in [2.24, 2.45) is 0 Å². The van der Waals surface area contributed by atoms with E-state index in [9.17, 15) is 4.39 Å². The average Bonchev–Trinajstić information content (AvgIpc) is 2.57. The molecular weight excluding hydrogens is 305 g/mol. The molecule has 0 saturated heterocycles. The van der Waals surface area contributed by atoms with Crippen LogP contribution in [-0.2, 0) is 0 Å². The Morgan fingerprint density at radius 1 is 1.00 bits per heavy atom. The number of nitrogens with zero attached hydrogens (tertiary/aromatic N) is 3. The van der Waals surface area contributed by atoms with Crippen LogP contribution in [0.2, 0.25) is 0 Å². The molecule has 1 aromatic heterocycles. The molecule has 2 aromatic carbocycles. The smallest absolute Gasteiger partial charge is 0.229 e. The molecule has 5 nitrogen and oxygen atoms in total. The van der Waals surface area contributed by atoms with Gasteiger partial charge in [-0.2, -0.15) is 10.2 Å². The van der Waals surface area contributed by atoms with Gasteiger partial charge in [-0.15, -0.1) is 0 Å². The summed E-state index contributed by atoms with van der Waals surface area (Å²) >= 11 is 0. The van der Waals surface area contributed by atoms with Crippen molar-refractivity contribution in [3.63, 3.8) is 0 Å². The summed E-state index contributed by atoms with van der Waals surface area (Å²) in [5, 5.41) is 15.3. The van der Waals surface area contributed by atoms with Gasteiger partial charge in [0.05, 0.1) is 11.3 Å². The minimum atomic E-state index is -0.304. The van der Waals surface area contributed by atoms with Crippen molar-refractivity contribution < 1.29 is 4.39 Å². The molecule has 0 saturated carbocycles. The van der Waals surface area contributed by atoms with Crippen molar-refractivity contribution in [3.8, 4) is 6.07 Å². The highest BCUT2D eigenvalue weighted by molar-refractivity contribution is 5.65. The molecule has 0 unspecified atom stereocenters. The average molecular weight is 319 g/mol. The van der Waals surface area contributed by atoms with E-state index in [-0.39, 0.29) is 5.82 Å². The lowest BCUT2D eigenvalue weighted by Gasteiger charge is -2.11. The zero-order valence-corrected chi connectivity index (χ0v) is 12.9. The van der Waals surface area contributed by atoms with Crippen molar-refractivity contribution in [1.82, 2.24) is 9.97 Å². The topological polar surface area (TPSA) is 73.6 Å². The van der Waals surface area contributed by atoms with E-state index in [4.69, 9.17) is 5.26 Å². The van der Waals surface area contributed by atoms with Gasteiger partial charge in [-0.05, 0) is 43.3 Å². The lowest BCUT2D eigenvalue weighted by Crippen LogP contribution is -2.03. The number of nitrogens with one attached hydrogen (secondary N) is 2. The molecule has 118 valence electrons. The van der Waals surface area contributed by atoms with Gasteiger partial charge in [0.15, 0.2) is 0 Å². The lowest BCUT2D eigenvalue weighted by molar-refractivity contribution is 0.628. The Bertz CT molecular complexity index is 900. The number of aryl methyl sites for hydroxylation is 1. The van der Waals surface area contributed by atoms with Crippen molar-refractivity contribution >= 4 is 23.1 Å². The minimum Gasteiger partial charge on any atom is -0.339 e. The first kappa shape index (κ1) is 15.4. The van der Waals surface area contributed by atoms with E-state index in [1.807, 2.05) is 19.1 Å². The van der Waals surface area contributed by atoms with Crippen molar-refractivity contribution in [2.75, 3.05) is 10.6 Å². The summed E-state index contributed by atoms with van der Waals surface area (Å²) in [6.45, 7) is 1.85. The summed E-state index contributed by atoms with van der Waals surface area (Å²) in [7, 11) is 0. The molecule has 0 aliphatic rings. The minimum absolute atomic E-state index is 0.304. The van der Waals surface area contributed by atoms with E-state index in [2.05, 4.69) is 26.7 Å². The first-order valence-electron chi connectivity index (χ1n) is 7.28. The zero-order chi connectivity index (χ0) is 16.9. The molecule has 0 amide bonds. The van der Waals surface area contributed by atoms with Crippen molar-refractivity contribution in [1.29, 1.82) is 5.26 Å². The maximum Gasteiger partial charge on any atom is 0.229 e. The van der Waals surface area contributed by atoms with E-state index in [1.54, 1.807) is 30.3 Å². The van der Waals surface area contributed by atoms with Crippen LogP contribution >= 0.6 is 0 Å². The molecule has 0 spiro atoms. The molecule has 3 aromatic rings. The number of hydrogen-bond acceptors (Lipinski definition) is 5. The van der Waals surface area contributed by atoms with Crippen LogP contribution in [-0.4, -0.2) is 9.97 Å². The van der Waals surface area contributed by atoms with Gasteiger partial charge >= 0.3 is 0 Å². The van der Waals surface area contributed by atoms with E-state index < -0.39 is 0 Å². The summed E-state index contributed by atoms with van der Waals surface area (Å²) < 4.78 is 13.0. The number of anilines is 4. The number of hydrogen-bond donors (Lipinski definition) is 2. The Hall–Kier alpha value is -3.46. The highest BCUT2D eigenvalue weighted by Crippen LogP contribution is 2.21. The van der Waals surface area contributed by atoms with Crippen LogP contribution in [0.3, 0.4) is 0 Å². The number of rotatable bonds is 4. The van der Waals surface area contributed by atoms with Gasteiger partial charge in [0.2, 0.25) is 5.95 Å². The van der Waals surface area contributed by atoms with Crippen molar-refractivity contribution in [3.05, 3.63) is 71.7 Å². The second kappa shape index (κ2) is 6.75. The highest BCUT2D eigenvalue weighted by Gasteiger charge is 2.06. The summed E-state index contributed by atoms with van der Waals surface area (Å²) in [6, 6.07) is 17.0. The third-order valence-corrected chi connectivity index (χ3v) is 3.26. The van der Waals surface area contributed by atoms with Gasteiger partial charge in [0.25, 0.3) is 0 Å². The maximum atomic E-state index is 13.0. The molecule has 2 N–H and O–H groups in total. The molecule has 0 radical (unpaired) electrons. The lowest BCUT2D eigenvalue weighted by atomic mass is 10.2. The molecule has 6 heteroatoms. The fourth-order valence-corrected chi connectivity index (χ4v) is 2.18. The molecule has 3 rings (SSSR count). The summed E-state index contributed by atoms with van der Waals surface area (Å²) in [5.74, 6) is 0.648. The predicted octanol–water partition coefficient (Wildman–Crippen LogP) is 4.28. The largest absolute Gasteiger partial charge is 0.339 e. The molecule has 0 atom stereocenters. The first-order chi connectivity index (χ1) is 11.6. The maximum absolute atomic E-state index is 13.0. The van der Waals surface area contributed by atoms with Crippen LogP contribution in [0.1, 0.15) is 11.3 Å². The van der Waals surface area contributed by atoms with Gasteiger partial charge in [-0.3, -0.25) is 0 Å². The molecule has 1 heterocycles. The van der Waals surface area contributed by atoms with Crippen LogP contribution in [0.4, 0.5) is 27.5 Å². The van der Waals surface area contributed by atoms with Crippen LogP contribution in [0, 0.1) is 24.1 Å². The van der Waals surface area contributed by atoms with Gasteiger partial charge in [0, 0.05) is 17.4 Å². The Morgan fingerprint density at radius 2 is 1.75 bits per heavy atom. The van der Waals surface area contributed by atoms with E-state index in [0.717, 1.165) is 5.69 Å². The van der Waals surface area contributed by atoms with E-state index >= 15 is 0 Å². The standard InChI is InChI=1S/C18H14FN5/c1-12-10-17(23-16-5-3-2-4-13(16)11-20)24-18(21-12)22-15-8-6-14(19)7-9-15/h2-10H,1H3,(H2,21,22,23,24). The second-order valence-electron chi connectivity index (χ2n) is 5.13. The number of para-hydroxylation sites is 1. The molecule has 0 aliphatic heterocycles. The number of nitriles is 1. The molecule has 24 heavy (non-hydrogen) atoms. The zero-order valence-electron chi connectivity index (χ0n) is 12.9. The van der Waals surface area contributed by atoms with Crippen molar-refractivity contribution in [2.45, 2.75) is 6.92 Å². The van der Waals surface area contributed by atoms with Crippen LogP contribution in [0.5, 0.6) is 0 Å². The Labute approximate surface area is 138 Å². The summed E-state index contributed by atoms with van der Waals surface area (Å²) in [6.07, 6.45) is 0. The quantitative estimate of drug-likeness (QED) is 0.750. The molecule has 0 fully saturated rings. The number of benzene rings is 2. The summed E-state index contributed by atoms with van der Waals surface area (Å²) in [4.78, 5) is 8.70. The highest BCUT2D eigenvalue weighted by atomic mass is 19.1. The fourth-order valence-electron chi connectivity index (χ4n) is 2.18. The van der Waals surface area contributed by atoms with Crippen LogP contribution in [0.15, 0.2) is 54.6 Å². The first-order valence-corrected chi connectivity index (χ1v) is 7.28. The predicted molar refractivity (Wildman–Crippen MR) is 90.9 cm³/mol. The Morgan fingerprint density at radius 3 is 2.50 bits per heavy atom. The third-order valence-electron chi connectivity index (χ3n) is 3.26. The van der Waals surface area contributed by atoms with Gasteiger partial charge < -0.3 is 10.6 Å². The van der Waals surface area contributed by atoms with Gasteiger partial charge in [0.1, 0.15) is 17.7 Å². The van der Waals surface area contributed by atoms with Crippen LogP contribution in [0.25, 0.3) is 0 Å². The second-order valence-corrected chi connectivity index (χ2v) is 5.13. The van der Waals surface area contributed by atoms with E-state index in [1.165, 1.54) is 12.1 Å². The van der Waals surface area contributed by atoms with Gasteiger partial charge in [-0.1, -0.05) is 12.1 Å². The molecule has 0 bridgehead atoms. The van der Waals surface area contributed by atoms with E-state index in [0.29, 0.717) is 28.7 Å². The van der Waals surface area contributed by atoms with Crippen LogP contribution < -0.4 is 10.6 Å². The Kier molecular flexibility index (Phi) is 4.34. The SMILES string of the molecule is Cc1cc(Nc2ccccc2C#N)nc(Nc2ccc(F)cc2)n1. The normalized spacial score (nSPS) is 10.0. The monoisotopic (exact) mass is 319 g/mol. The molecule has 0 aliphatic carbocycles. The third kappa shape index (κ3) is 3.65.